The quantitative estimate of drug-likeness (QED) is 0.437. The summed E-state index contributed by atoms with van der Waals surface area (Å²) in [5, 5.41) is 0. The average Bonchev–Trinajstić information content (AvgIpc) is 2.77. The van der Waals surface area contributed by atoms with Crippen molar-refractivity contribution in [3.63, 3.8) is 0 Å². The van der Waals surface area contributed by atoms with E-state index in [1.165, 1.54) is 6.42 Å². The second kappa shape index (κ2) is 7.26. The number of hydrogen-bond acceptors (Lipinski definition) is 5. The summed E-state index contributed by atoms with van der Waals surface area (Å²) in [4.78, 5) is 25.9. The van der Waals surface area contributed by atoms with Crippen molar-refractivity contribution < 1.29 is 23.8 Å². The lowest BCUT2D eigenvalue weighted by atomic mass is 9.67. The monoisotopic (exact) mass is 338 g/mol. The summed E-state index contributed by atoms with van der Waals surface area (Å²) in [6.07, 6.45) is 4.65. The van der Waals surface area contributed by atoms with Gasteiger partial charge in [0.25, 0.3) is 0 Å². The Hall–Kier alpha value is -1.36. The third-order valence-electron chi connectivity index (χ3n) is 5.32. The van der Waals surface area contributed by atoms with Gasteiger partial charge < -0.3 is 14.2 Å². The normalized spacial score (nSPS) is 26.2. The molecule has 1 heterocycles. The first-order chi connectivity index (χ1) is 11.3. The average molecular weight is 338 g/mol. The zero-order chi connectivity index (χ0) is 18.0. The van der Waals surface area contributed by atoms with Gasteiger partial charge in [-0.25, -0.2) is 0 Å². The van der Waals surface area contributed by atoms with Gasteiger partial charge >= 0.3 is 11.9 Å². The van der Waals surface area contributed by atoms with E-state index in [2.05, 4.69) is 6.58 Å². The Morgan fingerprint density at radius 3 is 2.04 bits per heavy atom. The Kier molecular flexibility index (Phi) is 5.74. The highest BCUT2D eigenvalue weighted by Crippen LogP contribution is 2.54. The molecule has 0 radical (unpaired) electrons. The molecule has 5 heteroatoms. The molecule has 24 heavy (non-hydrogen) atoms. The van der Waals surface area contributed by atoms with Crippen LogP contribution < -0.4 is 0 Å². The second-order valence-electron chi connectivity index (χ2n) is 7.17. The van der Waals surface area contributed by atoms with Gasteiger partial charge in [0.2, 0.25) is 5.41 Å². The predicted octanol–water partition coefficient (Wildman–Crippen LogP) is 3.41. The van der Waals surface area contributed by atoms with Gasteiger partial charge in [0.15, 0.2) is 0 Å². The molecule has 0 amide bonds. The van der Waals surface area contributed by atoms with Gasteiger partial charge in [-0.2, -0.15) is 0 Å². The summed E-state index contributed by atoms with van der Waals surface area (Å²) in [5.74, 6) is -1.05. The van der Waals surface area contributed by atoms with Crippen molar-refractivity contribution >= 4 is 11.9 Å². The SMILES string of the molecule is C=C1C(C)(C)OC(C2CCCCC2)C1(C(=O)OCC)C(=O)OCC. The smallest absolute Gasteiger partial charge is 0.330 e. The highest BCUT2D eigenvalue weighted by Gasteiger charge is 2.68. The molecule has 0 aromatic heterocycles. The predicted molar refractivity (Wildman–Crippen MR) is 90.4 cm³/mol. The van der Waals surface area contributed by atoms with Gasteiger partial charge in [-0.15, -0.1) is 0 Å². The lowest BCUT2D eigenvalue weighted by molar-refractivity contribution is -0.178. The highest BCUT2D eigenvalue weighted by atomic mass is 16.6. The van der Waals surface area contributed by atoms with Crippen LogP contribution >= 0.6 is 0 Å². The summed E-state index contributed by atoms with van der Waals surface area (Å²) in [5.41, 5.74) is -1.89. The van der Waals surface area contributed by atoms with Crippen LogP contribution in [-0.2, 0) is 23.8 Å². The summed E-state index contributed by atoms with van der Waals surface area (Å²) in [7, 11) is 0. The topological polar surface area (TPSA) is 61.8 Å². The van der Waals surface area contributed by atoms with Crippen LogP contribution in [0.3, 0.4) is 0 Å². The summed E-state index contributed by atoms with van der Waals surface area (Å²) in [6, 6.07) is 0. The van der Waals surface area contributed by atoms with Crippen molar-refractivity contribution in [1.29, 1.82) is 0 Å². The highest BCUT2D eigenvalue weighted by molar-refractivity contribution is 6.05. The summed E-state index contributed by atoms with van der Waals surface area (Å²) >= 11 is 0. The van der Waals surface area contributed by atoms with Crippen molar-refractivity contribution in [1.82, 2.24) is 0 Å². The second-order valence-corrected chi connectivity index (χ2v) is 7.17. The first kappa shape index (κ1) is 19.0. The number of esters is 2. The maximum Gasteiger partial charge on any atom is 0.330 e. The Bertz CT molecular complexity index is 484. The molecule has 0 aromatic rings. The largest absolute Gasteiger partial charge is 0.465 e. The van der Waals surface area contributed by atoms with Crippen LogP contribution in [0.2, 0.25) is 0 Å². The molecule has 1 atom stereocenters. The van der Waals surface area contributed by atoms with E-state index in [4.69, 9.17) is 14.2 Å². The van der Waals surface area contributed by atoms with E-state index in [0.717, 1.165) is 25.7 Å². The van der Waals surface area contributed by atoms with Crippen LogP contribution in [0.5, 0.6) is 0 Å². The number of hydrogen-bond donors (Lipinski definition) is 0. The standard InChI is InChI=1S/C19H30O5/c1-6-22-16(20)19(17(21)23-7-2)13(3)18(4,5)24-15(19)14-11-9-8-10-12-14/h14-15H,3,6-12H2,1-2,4-5H3. The van der Waals surface area contributed by atoms with Crippen LogP contribution in [0.15, 0.2) is 12.2 Å². The van der Waals surface area contributed by atoms with Gasteiger partial charge in [-0.05, 0) is 52.0 Å². The number of ether oxygens (including phenoxy) is 3. The molecule has 0 aromatic carbocycles. The molecule has 1 unspecified atom stereocenters. The molecular weight excluding hydrogens is 308 g/mol. The molecule has 2 fully saturated rings. The molecule has 0 bridgehead atoms. The van der Waals surface area contributed by atoms with Gasteiger partial charge in [0, 0.05) is 0 Å². The lowest BCUT2D eigenvalue weighted by Gasteiger charge is -2.36. The Morgan fingerprint density at radius 1 is 1.08 bits per heavy atom. The maximum atomic E-state index is 13.0. The van der Waals surface area contributed by atoms with Crippen LogP contribution in [0, 0.1) is 11.3 Å². The molecule has 5 nitrogen and oxygen atoms in total. The molecule has 2 aliphatic rings. The van der Waals surface area contributed by atoms with E-state index in [1.807, 2.05) is 13.8 Å². The van der Waals surface area contributed by atoms with E-state index >= 15 is 0 Å². The molecule has 1 saturated carbocycles. The molecule has 0 spiro atoms. The first-order valence-corrected chi connectivity index (χ1v) is 9.04. The minimum atomic E-state index is -1.56. The van der Waals surface area contributed by atoms with E-state index in [0.29, 0.717) is 5.57 Å². The number of carbonyl (C=O) groups is 2. The molecule has 2 rings (SSSR count). The third-order valence-corrected chi connectivity index (χ3v) is 5.32. The summed E-state index contributed by atoms with van der Waals surface area (Å²) < 4.78 is 16.9. The third kappa shape index (κ3) is 2.99. The fourth-order valence-electron chi connectivity index (χ4n) is 4.06. The fraction of sp³-hybridized carbons (Fsp3) is 0.789. The van der Waals surface area contributed by atoms with Crippen LogP contribution in [0.25, 0.3) is 0 Å². The molecule has 0 N–H and O–H groups in total. The molecule has 1 aliphatic carbocycles. The molecule has 136 valence electrons. The minimum Gasteiger partial charge on any atom is -0.465 e. The van der Waals surface area contributed by atoms with E-state index in [1.54, 1.807) is 13.8 Å². The van der Waals surface area contributed by atoms with Crippen LogP contribution in [0.1, 0.15) is 59.8 Å². The van der Waals surface area contributed by atoms with Gasteiger partial charge in [-0.3, -0.25) is 9.59 Å². The van der Waals surface area contributed by atoms with Crippen LogP contribution in [-0.4, -0.2) is 36.9 Å². The zero-order valence-electron chi connectivity index (χ0n) is 15.4. The van der Waals surface area contributed by atoms with Crippen LogP contribution in [0.4, 0.5) is 0 Å². The minimum absolute atomic E-state index is 0.131. The number of rotatable bonds is 5. The Labute approximate surface area is 144 Å². The molecule has 1 aliphatic heterocycles. The Balaban J connectivity index is 2.52. The molecule has 1 saturated heterocycles. The summed E-state index contributed by atoms with van der Waals surface area (Å²) in [6.45, 7) is 11.7. The van der Waals surface area contributed by atoms with Crippen molar-refractivity contribution in [2.45, 2.75) is 71.5 Å². The fourth-order valence-corrected chi connectivity index (χ4v) is 4.06. The first-order valence-electron chi connectivity index (χ1n) is 9.04. The van der Waals surface area contributed by atoms with Gasteiger partial charge in [-0.1, -0.05) is 25.8 Å². The van der Waals surface area contributed by atoms with E-state index < -0.39 is 29.1 Å². The van der Waals surface area contributed by atoms with Gasteiger partial charge in [0.05, 0.1) is 24.9 Å². The van der Waals surface area contributed by atoms with Crippen molar-refractivity contribution in [2.24, 2.45) is 11.3 Å². The van der Waals surface area contributed by atoms with Crippen molar-refractivity contribution in [3.8, 4) is 0 Å². The Morgan fingerprint density at radius 2 is 1.58 bits per heavy atom. The lowest BCUT2D eigenvalue weighted by Crippen LogP contribution is -2.52. The van der Waals surface area contributed by atoms with Crippen molar-refractivity contribution in [3.05, 3.63) is 12.2 Å². The van der Waals surface area contributed by atoms with E-state index in [-0.39, 0.29) is 19.1 Å². The maximum absolute atomic E-state index is 13.0. The molecular formula is C19H30O5. The van der Waals surface area contributed by atoms with E-state index in [9.17, 15) is 9.59 Å². The zero-order valence-corrected chi connectivity index (χ0v) is 15.4. The van der Waals surface area contributed by atoms with Gasteiger partial charge in [0.1, 0.15) is 0 Å². The van der Waals surface area contributed by atoms with Crippen molar-refractivity contribution in [2.75, 3.05) is 13.2 Å². The number of carbonyl (C=O) groups excluding carboxylic acids is 2.